The number of aromatic nitrogens is 1. The molecule has 1 unspecified atom stereocenters. The summed E-state index contributed by atoms with van der Waals surface area (Å²) in [6.07, 6.45) is 7.24. The number of pyridine rings is 1. The van der Waals surface area contributed by atoms with Crippen LogP contribution >= 0.6 is 0 Å². The van der Waals surface area contributed by atoms with Crippen LogP contribution in [0.25, 0.3) is 0 Å². The molecule has 1 atom stereocenters. The Balaban J connectivity index is 1.77. The Morgan fingerprint density at radius 3 is 2.42 bits per heavy atom. The zero-order valence-corrected chi connectivity index (χ0v) is 16.4. The van der Waals surface area contributed by atoms with Crippen LogP contribution in [-0.4, -0.2) is 29.9 Å². The minimum Gasteiger partial charge on any atom is -0.357 e. The average molecular weight is 357 g/mol. The lowest BCUT2D eigenvalue weighted by atomic mass is 9.86. The number of hydrogen-bond donors (Lipinski definition) is 2. The monoisotopic (exact) mass is 357 g/mol. The fourth-order valence-electron chi connectivity index (χ4n) is 3.38. The van der Waals surface area contributed by atoms with Gasteiger partial charge in [0, 0.05) is 12.7 Å². The maximum atomic E-state index is 12.8. The van der Waals surface area contributed by atoms with Crippen molar-refractivity contribution in [2.45, 2.75) is 71.3 Å². The van der Waals surface area contributed by atoms with Crippen molar-refractivity contribution >= 4 is 11.8 Å². The van der Waals surface area contributed by atoms with E-state index < -0.39 is 6.04 Å². The molecule has 0 bridgehead atoms. The van der Waals surface area contributed by atoms with Crippen LogP contribution in [-0.2, 0) is 11.2 Å². The molecule has 2 amide bonds. The van der Waals surface area contributed by atoms with Gasteiger partial charge in [-0.05, 0) is 54.6 Å². The first-order chi connectivity index (χ1) is 12.3. The SMILES string of the molecule is CNC(=O)C(NC(=O)c1ccc(C2CC2)c(CCC2CC2)n1)C(C)(C)C. The fourth-order valence-corrected chi connectivity index (χ4v) is 3.38. The summed E-state index contributed by atoms with van der Waals surface area (Å²) in [7, 11) is 1.59. The van der Waals surface area contributed by atoms with E-state index in [1.807, 2.05) is 26.8 Å². The zero-order valence-electron chi connectivity index (χ0n) is 16.4. The second-order valence-electron chi connectivity index (χ2n) is 8.88. The molecule has 2 aliphatic carbocycles. The molecule has 142 valence electrons. The lowest BCUT2D eigenvalue weighted by molar-refractivity contribution is -0.124. The molecule has 0 spiro atoms. The highest BCUT2D eigenvalue weighted by Gasteiger charge is 2.33. The number of nitrogens with one attached hydrogen (secondary N) is 2. The summed E-state index contributed by atoms with van der Waals surface area (Å²) in [5, 5.41) is 5.52. The van der Waals surface area contributed by atoms with E-state index in [4.69, 9.17) is 4.98 Å². The Labute approximate surface area is 156 Å². The number of likely N-dealkylation sites (N-methyl/N-ethyl adjacent to an activating group) is 1. The van der Waals surface area contributed by atoms with Crippen LogP contribution in [0.15, 0.2) is 12.1 Å². The lowest BCUT2D eigenvalue weighted by Gasteiger charge is -2.29. The predicted octanol–water partition coefficient (Wildman–Crippen LogP) is 3.19. The van der Waals surface area contributed by atoms with Gasteiger partial charge in [-0.2, -0.15) is 0 Å². The average Bonchev–Trinajstić information content (AvgIpc) is 3.48. The molecule has 1 aromatic heterocycles. The van der Waals surface area contributed by atoms with Gasteiger partial charge >= 0.3 is 0 Å². The summed E-state index contributed by atoms with van der Waals surface area (Å²) >= 11 is 0. The van der Waals surface area contributed by atoms with Crippen LogP contribution < -0.4 is 10.6 Å². The summed E-state index contributed by atoms with van der Waals surface area (Å²) < 4.78 is 0. The molecule has 5 heteroatoms. The summed E-state index contributed by atoms with van der Waals surface area (Å²) in [6.45, 7) is 5.83. The molecule has 5 nitrogen and oxygen atoms in total. The maximum Gasteiger partial charge on any atom is 0.270 e. The topological polar surface area (TPSA) is 71.1 Å². The van der Waals surface area contributed by atoms with Gasteiger partial charge in [0.25, 0.3) is 5.91 Å². The highest BCUT2D eigenvalue weighted by atomic mass is 16.2. The van der Waals surface area contributed by atoms with Crippen molar-refractivity contribution in [3.05, 3.63) is 29.1 Å². The van der Waals surface area contributed by atoms with Gasteiger partial charge in [-0.1, -0.05) is 39.7 Å². The van der Waals surface area contributed by atoms with Gasteiger partial charge in [0.1, 0.15) is 11.7 Å². The van der Waals surface area contributed by atoms with E-state index in [9.17, 15) is 9.59 Å². The summed E-state index contributed by atoms with van der Waals surface area (Å²) in [4.78, 5) is 29.7. The van der Waals surface area contributed by atoms with E-state index in [1.54, 1.807) is 7.05 Å². The van der Waals surface area contributed by atoms with Gasteiger partial charge in [0.05, 0.1) is 0 Å². The molecule has 0 aromatic carbocycles. The minimum absolute atomic E-state index is 0.186. The molecule has 2 fully saturated rings. The van der Waals surface area contributed by atoms with Crippen LogP contribution in [0, 0.1) is 11.3 Å². The molecule has 26 heavy (non-hydrogen) atoms. The normalized spacial score (nSPS) is 18.3. The van der Waals surface area contributed by atoms with Gasteiger partial charge in [-0.15, -0.1) is 0 Å². The molecule has 0 radical (unpaired) electrons. The zero-order chi connectivity index (χ0) is 18.9. The Morgan fingerprint density at radius 1 is 1.19 bits per heavy atom. The second-order valence-corrected chi connectivity index (χ2v) is 8.88. The summed E-state index contributed by atoms with van der Waals surface area (Å²) in [5.41, 5.74) is 2.44. The second kappa shape index (κ2) is 7.37. The number of rotatable bonds is 7. The van der Waals surface area contributed by atoms with Gasteiger partial charge in [-0.25, -0.2) is 4.98 Å². The van der Waals surface area contributed by atoms with Crippen LogP contribution in [0.4, 0.5) is 0 Å². The van der Waals surface area contributed by atoms with E-state index in [1.165, 1.54) is 37.7 Å². The van der Waals surface area contributed by atoms with Gasteiger partial charge in [0.15, 0.2) is 0 Å². The van der Waals surface area contributed by atoms with E-state index in [-0.39, 0.29) is 17.2 Å². The number of carbonyl (C=O) groups excluding carboxylic acids is 2. The number of hydrogen-bond acceptors (Lipinski definition) is 3. The Bertz CT molecular complexity index is 685. The Hall–Kier alpha value is -1.91. The Morgan fingerprint density at radius 2 is 1.88 bits per heavy atom. The first-order valence-electron chi connectivity index (χ1n) is 9.82. The van der Waals surface area contributed by atoms with Crippen molar-refractivity contribution in [2.75, 3.05) is 7.05 Å². The first kappa shape index (κ1) is 18.9. The van der Waals surface area contributed by atoms with Crippen molar-refractivity contribution in [2.24, 2.45) is 11.3 Å². The highest BCUT2D eigenvalue weighted by molar-refractivity contribution is 5.96. The third-order valence-corrected chi connectivity index (χ3v) is 5.40. The molecule has 1 heterocycles. The Kier molecular flexibility index (Phi) is 5.35. The smallest absolute Gasteiger partial charge is 0.270 e. The van der Waals surface area contributed by atoms with E-state index in [2.05, 4.69) is 16.7 Å². The number of aryl methyl sites for hydroxylation is 1. The van der Waals surface area contributed by atoms with Crippen LogP contribution in [0.5, 0.6) is 0 Å². The molecular weight excluding hydrogens is 326 g/mol. The van der Waals surface area contributed by atoms with Gasteiger partial charge in [0.2, 0.25) is 5.91 Å². The minimum atomic E-state index is -0.597. The maximum absolute atomic E-state index is 12.8. The predicted molar refractivity (Wildman–Crippen MR) is 102 cm³/mol. The largest absolute Gasteiger partial charge is 0.357 e. The summed E-state index contributed by atoms with van der Waals surface area (Å²) in [5.74, 6) is 1.01. The van der Waals surface area contributed by atoms with E-state index >= 15 is 0 Å². The first-order valence-corrected chi connectivity index (χ1v) is 9.82. The van der Waals surface area contributed by atoms with Crippen molar-refractivity contribution in [1.82, 2.24) is 15.6 Å². The standard InChI is InChI=1S/C21H31N3O2/c1-21(2,3)18(20(26)22-4)24-19(25)17-12-10-15(14-8-9-14)16(23-17)11-7-13-5-6-13/h10,12-14,18H,5-9,11H2,1-4H3,(H,22,26)(H,24,25). The number of amides is 2. The molecule has 0 aliphatic heterocycles. The number of carbonyl (C=O) groups is 2. The van der Waals surface area contributed by atoms with E-state index in [0.717, 1.165) is 18.0 Å². The summed E-state index contributed by atoms with van der Waals surface area (Å²) in [6, 6.07) is 3.29. The third-order valence-electron chi connectivity index (χ3n) is 5.40. The molecule has 1 aromatic rings. The van der Waals surface area contributed by atoms with Gasteiger partial charge in [-0.3, -0.25) is 9.59 Å². The van der Waals surface area contributed by atoms with Gasteiger partial charge < -0.3 is 10.6 Å². The van der Waals surface area contributed by atoms with Crippen LogP contribution in [0.2, 0.25) is 0 Å². The van der Waals surface area contributed by atoms with Crippen molar-refractivity contribution in [3.8, 4) is 0 Å². The molecule has 2 N–H and O–H groups in total. The molecule has 2 saturated carbocycles. The van der Waals surface area contributed by atoms with E-state index in [0.29, 0.717) is 11.6 Å². The molecule has 2 aliphatic rings. The highest BCUT2D eigenvalue weighted by Crippen LogP contribution is 2.42. The fraction of sp³-hybridized carbons (Fsp3) is 0.667. The van der Waals surface area contributed by atoms with Crippen molar-refractivity contribution in [3.63, 3.8) is 0 Å². The van der Waals surface area contributed by atoms with Crippen molar-refractivity contribution in [1.29, 1.82) is 0 Å². The van der Waals surface area contributed by atoms with Crippen LogP contribution in [0.1, 0.15) is 80.5 Å². The lowest BCUT2D eigenvalue weighted by Crippen LogP contribution is -2.53. The molecular formula is C21H31N3O2. The van der Waals surface area contributed by atoms with Crippen LogP contribution in [0.3, 0.4) is 0 Å². The molecule has 3 rings (SSSR count). The number of nitrogens with zero attached hydrogens (tertiary/aromatic N) is 1. The third kappa shape index (κ3) is 4.63. The molecule has 0 saturated heterocycles. The quantitative estimate of drug-likeness (QED) is 0.787. The van der Waals surface area contributed by atoms with Crippen molar-refractivity contribution < 1.29 is 9.59 Å².